The normalized spacial score (nSPS) is 23.0. The highest BCUT2D eigenvalue weighted by molar-refractivity contribution is 5.38. The van der Waals surface area contributed by atoms with Crippen molar-refractivity contribution < 1.29 is 0 Å². The van der Waals surface area contributed by atoms with E-state index in [2.05, 4.69) is 59.0 Å². The zero-order valence-electron chi connectivity index (χ0n) is 14.1. The maximum atomic E-state index is 3.78. The van der Waals surface area contributed by atoms with Gasteiger partial charge >= 0.3 is 0 Å². The molecule has 0 aromatic heterocycles. The van der Waals surface area contributed by atoms with E-state index in [9.17, 15) is 0 Å². The fourth-order valence-corrected chi connectivity index (χ4v) is 3.98. The van der Waals surface area contributed by atoms with Gasteiger partial charge in [0.1, 0.15) is 0 Å². The minimum Gasteiger partial charge on any atom is -0.310 e. The number of benzene rings is 1. The molecule has 0 saturated heterocycles. The van der Waals surface area contributed by atoms with E-state index in [1.54, 1.807) is 0 Å². The predicted octanol–water partition coefficient (Wildman–Crippen LogP) is 5.09. The molecule has 112 valence electrons. The lowest BCUT2D eigenvalue weighted by Gasteiger charge is -2.36. The van der Waals surface area contributed by atoms with E-state index >= 15 is 0 Å². The second-order valence-corrected chi connectivity index (χ2v) is 7.32. The molecule has 1 aliphatic carbocycles. The van der Waals surface area contributed by atoms with Crippen molar-refractivity contribution in [3.63, 3.8) is 0 Å². The van der Waals surface area contributed by atoms with Crippen LogP contribution in [0.5, 0.6) is 0 Å². The molecular formula is C19H31N. The Kier molecular flexibility index (Phi) is 4.59. The van der Waals surface area contributed by atoms with Crippen molar-refractivity contribution in [2.75, 3.05) is 6.54 Å². The predicted molar refractivity (Wildman–Crippen MR) is 88.2 cm³/mol. The van der Waals surface area contributed by atoms with Gasteiger partial charge in [0.15, 0.2) is 0 Å². The zero-order chi connectivity index (χ0) is 14.9. The Balaban J connectivity index is 2.41. The molecule has 1 aromatic rings. The molecular weight excluding hydrogens is 242 g/mol. The van der Waals surface area contributed by atoms with E-state index in [1.807, 2.05) is 0 Å². The monoisotopic (exact) mass is 273 g/mol. The molecule has 2 rings (SSSR count). The van der Waals surface area contributed by atoms with E-state index in [4.69, 9.17) is 0 Å². The zero-order valence-corrected chi connectivity index (χ0v) is 14.1. The number of aryl methyl sites for hydroxylation is 3. The van der Waals surface area contributed by atoms with E-state index < -0.39 is 0 Å². The van der Waals surface area contributed by atoms with Gasteiger partial charge in [-0.1, -0.05) is 39.3 Å². The topological polar surface area (TPSA) is 12.0 Å². The van der Waals surface area contributed by atoms with Crippen LogP contribution in [-0.4, -0.2) is 6.54 Å². The molecule has 0 heterocycles. The van der Waals surface area contributed by atoms with Crippen molar-refractivity contribution in [2.24, 2.45) is 11.3 Å². The number of hydrogen-bond acceptors (Lipinski definition) is 1. The third kappa shape index (κ3) is 2.93. The van der Waals surface area contributed by atoms with Gasteiger partial charge in [-0.05, 0) is 73.7 Å². The highest BCUT2D eigenvalue weighted by atomic mass is 14.9. The van der Waals surface area contributed by atoms with Crippen molar-refractivity contribution in [3.8, 4) is 0 Å². The quantitative estimate of drug-likeness (QED) is 0.806. The Hall–Kier alpha value is -0.820. The Morgan fingerprint density at radius 2 is 1.80 bits per heavy atom. The maximum absolute atomic E-state index is 3.78. The van der Waals surface area contributed by atoms with Crippen LogP contribution in [0.15, 0.2) is 12.1 Å². The van der Waals surface area contributed by atoms with Crippen LogP contribution in [0.4, 0.5) is 0 Å². The first-order valence-electron chi connectivity index (χ1n) is 8.18. The smallest absolute Gasteiger partial charge is 0.0356 e. The Morgan fingerprint density at radius 3 is 2.35 bits per heavy atom. The standard InChI is InChI=1S/C19H31N/c1-7-20-18(17-9-8-10-19(17,5)6)16-12-14(3)13(2)11-15(16)4/h11-12,17-18,20H,7-10H2,1-6H3. The van der Waals surface area contributed by atoms with Crippen molar-refractivity contribution in [1.29, 1.82) is 0 Å². The highest BCUT2D eigenvalue weighted by Gasteiger charge is 2.40. The lowest BCUT2D eigenvalue weighted by molar-refractivity contribution is 0.199. The van der Waals surface area contributed by atoms with Gasteiger partial charge in [-0.15, -0.1) is 0 Å². The largest absolute Gasteiger partial charge is 0.310 e. The van der Waals surface area contributed by atoms with Crippen molar-refractivity contribution in [3.05, 3.63) is 34.4 Å². The summed E-state index contributed by atoms with van der Waals surface area (Å²) >= 11 is 0. The third-order valence-corrected chi connectivity index (χ3v) is 5.38. The highest BCUT2D eigenvalue weighted by Crippen LogP contribution is 2.49. The second-order valence-electron chi connectivity index (χ2n) is 7.32. The van der Waals surface area contributed by atoms with Gasteiger partial charge in [0, 0.05) is 6.04 Å². The summed E-state index contributed by atoms with van der Waals surface area (Å²) in [6.07, 6.45) is 4.10. The van der Waals surface area contributed by atoms with Crippen LogP contribution in [0.25, 0.3) is 0 Å². The minimum absolute atomic E-state index is 0.456. The molecule has 0 spiro atoms. The van der Waals surface area contributed by atoms with E-state index in [1.165, 1.54) is 41.5 Å². The maximum Gasteiger partial charge on any atom is 0.0356 e. The third-order valence-electron chi connectivity index (χ3n) is 5.38. The summed E-state index contributed by atoms with van der Waals surface area (Å²) in [6.45, 7) is 14.9. The van der Waals surface area contributed by atoms with Crippen LogP contribution in [0, 0.1) is 32.1 Å². The summed E-state index contributed by atoms with van der Waals surface area (Å²) in [6, 6.07) is 5.29. The average Bonchev–Trinajstić information content (AvgIpc) is 2.71. The molecule has 1 nitrogen and oxygen atoms in total. The molecule has 0 aliphatic heterocycles. The molecule has 0 bridgehead atoms. The summed E-state index contributed by atoms with van der Waals surface area (Å²) in [4.78, 5) is 0. The Labute approximate surface area is 125 Å². The summed E-state index contributed by atoms with van der Waals surface area (Å²) in [7, 11) is 0. The van der Waals surface area contributed by atoms with Gasteiger partial charge in [-0.25, -0.2) is 0 Å². The number of hydrogen-bond donors (Lipinski definition) is 1. The Morgan fingerprint density at radius 1 is 1.15 bits per heavy atom. The van der Waals surface area contributed by atoms with Crippen molar-refractivity contribution in [1.82, 2.24) is 5.32 Å². The summed E-state index contributed by atoms with van der Waals surface area (Å²) in [5, 5.41) is 3.78. The molecule has 1 aromatic carbocycles. The Bertz CT molecular complexity index is 473. The summed E-state index contributed by atoms with van der Waals surface area (Å²) in [5.74, 6) is 0.753. The van der Waals surface area contributed by atoms with Crippen LogP contribution in [-0.2, 0) is 0 Å². The second kappa shape index (κ2) is 5.89. The SMILES string of the molecule is CCNC(c1cc(C)c(C)cc1C)C1CCCC1(C)C. The first kappa shape index (κ1) is 15.6. The lowest BCUT2D eigenvalue weighted by Crippen LogP contribution is -2.34. The van der Waals surface area contributed by atoms with Gasteiger partial charge in [-0.2, -0.15) is 0 Å². The lowest BCUT2D eigenvalue weighted by atomic mass is 9.74. The van der Waals surface area contributed by atoms with E-state index in [0.717, 1.165) is 12.5 Å². The van der Waals surface area contributed by atoms with Crippen LogP contribution in [0.3, 0.4) is 0 Å². The molecule has 0 radical (unpaired) electrons. The molecule has 2 atom stereocenters. The minimum atomic E-state index is 0.456. The van der Waals surface area contributed by atoms with Gasteiger partial charge in [-0.3, -0.25) is 0 Å². The van der Waals surface area contributed by atoms with Crippen LogP contribution >= 0.6 is 0 Å². The van der Waals surface area contributed by atoms with Gasteiger partial charge < -0.3 is 5.32 Å². The fraction of sp³-hybridized carbons (Fsp3) is 0.684. The van der Waals surface area contributed by atoms with Crippen LogP contribution in [0.2, 0.25) is 0 Å². The summed E-state index contributed by atoms with van der Waals surface area (Å²) in [5.41, 5.74) is 6.26. The fourth-order valence-electron chi connectivity index (χ4n) is 3.98. The molecule has 1 N–H and O–H groups in total. The van der Waals surface area contributed by atoms with Gasteiger partial charge in [0.25, 0.3) is 0 Å². The molecule has 1 heteroatoms. The van der Waals surface area contributed by atoms with Gasteiger partial charge in [0.2, 0.25) is 0 Å². The van der Waals surface area contributed by atoms with E-state index in [0.29, 0.717) is 11.5 Å². The molecule has 2 unspecified atom stereocenters. The molecule has 1 fully saturated rings. The van der Waals surface area contributed by atoms with Crippen LogP contribution in [0.1, 0.15) is 68.3 Å². The molecule has 0 amide bonds. The number of nitrogens with one attached hydrogen (secondary N) is 1. The summed E-state index contributed by atoms with van der Waals surface area (Å²) < 4.78 is 0. The first-order chi connectivity index (χ1) is 9.36. The van der Waals surface area contributed by atoms with E-state index in [-0.39, 0.29) is 0 Å². The molecule has 1 saturated carbocycles. The number of rotatable bonds is 4. The average molecular weight is 273 g/mol. The first-order valence-corrected chi connectivity index (χ1v) is 8.18. The van der Waals surface area contributed by atoms with Crippen molar-refractivity contribution in [2.45, 2.75) is 66.8 Å². The van der Waals surface area contributed by atoms with Gasteiger partial charge in [0.05, 0.1) is 0 Å². The molecule has 20 heavy (non-hydrogen) atoms. The molecule has 1 aliphatic rings. The van der Waals surface area contributed by atoms with Crippen molar-refractivity contribution >= 4 is 0 Å². The van der Waals surface area contributed by atoms with Crippen LogP contribution < -0.4 is 5.32 Å².